The summed E-state index contributed by atoms with van der Waals surface area (Å²) in [4.78, 5) is 0. The second-order valence-electron chi connectivity index (χ2n) is 4.57. The third-order valence-electron chi connectivity index (χ3n) is 2.48. The van der Waals surface area contributed by atoms with Crippen molar-refractivity contribution in [2.45, 2.75) is 0 Å². The Morgan fingerprint density at radius 1 is 0.640 bits per heavy atom. The summed E-state index contributed by atoms with van der Waals surface area (Å²) >= 11 is 0. The highest BCUT2D eigenvalue weighted by molar-refractivity contribution is 7.86. The van der Waals surface area contributed by atoms with Gasteiger partial charge in [-0.2, -0.15) is 8.42 Å². The molecule has 0 aliphatic carbocycles. The van der Waals surface area contributed by atoms with Crippen LogP contribution in [0.25, 0.3) is 0 Å². The lowest BCUT2D eigenvalue weighted by molar-refractivity contribution is -0.0146. The van der Waals surface area contributed by atoms with Crippen LogP contribution in [-0.4, -0.2) is 106 Å². The third kappa shape index (κ3) is 19.8. The van der Waals surface area contributed by atoms with Crippen molar-refractivity contribution in [2.24, 2.45) is 0 Å². The molecule has 0 atom stereocenters. The Hall–Kier alpha value is -0.370. The Kier molecular flexibility index (Phi) is 18.1. The summed E-state index contributed by atoms with van der Waals surface area (Å²) in [6, 6.07) is 0. The summed E-state index contributed by atoms with van der Waals surface area (Å²) in [6.45, 7) is 3.88. The monoisotopic (exact) mass is 390 g/mol. The van der Waals surface area contributed by atoms with Crippen LogP contribution >= 0.6 is 0 Å². The van der Waals surface area contributed by atoms with Gasteiger partial charge in [-0.05, 0) is 0 Å². The van der Waals surface area contributed by atoms with E-state index in [1.165, 1.54) is 7.11 Å². The molecule has 0 unspecified atom stereocenters. The number of hydrogen-bond donors (Lipinski definition) is 1. The van der Waals surface area contributed by atoms with Gasteiger partial charge < -0.3 is 33.5 Å². The first-order valence-electron chi connectivity index (χ1n) is 7.98. The SMILES string of the molecule is COCS(=O)(=O)OCCOCCOCCOCCOCCOCCO. The molecular formula is C14H30O10S. The van der Waals surface area contributed by atoms with Crippen LogP contribution in [0.5, 0.6) is 0 Å². The van der Waals surface area contributed by atoms with Gasteiger partial charge in [0.05, 0.1) is 79.3 Å². The predicted octanol–water partition coefficient (Wildman–Crippen LogP) is -0.988. The molecule has 1 N–H and O–H groups in total. The van der Waals surface area contributed by atoms with E-state index in [2.05, 4.69) is 8.92 Å². The van der Waals surface area contributed by atoms with Crippen LogP contribution in [0.2, 0.25) is 0 Å². The molecule has 0 aromatic rings. The minimum atomic E-state index is -3.63. The molecule has 0 radical (unpaired) electrons. The van der Waals surface area contributed by atoms with Gasteiger partial charge in [-0.15, -0.1) is 0 Å². The van der Waals surface area contributed by atoms with E-state index in [1.54, 1.807) is 0 Å². The van der Waals surface area contributed by atoms with E-state index >= 15 is 0 Å². The Bertz CT molecular complexity index is 363. The first-order chi connectivity index (χ1) is 12.1. The molecule has 25 heavy (non-hydrogen) atoms. The van der Waals surface area contributed by atoms with Crippen molar-refractivity contribution in [1.82, 2.24) is 0 Å². The smallest absolute Gasteiger partial charge is 0.291 e. The second kappa shape index (κ2) is 18.4. The predicted molar refractivity (Wildman–Crippen MR) is 87.9 cm³/mol. The van der Waals surface area contributed by atoms with E-state index in [0.29, 0.717) is 59.5 Å². The number of rotatable bonds is 20. The van der Waals surface area contributed by atoms with E-state index < -0.39 is 16.1 Å². The lowest BCUT2D eigenvalue weighted by atomic mass is 10.7. The zero-order valence-corrected chi connectivity index (χ0v) is 15.5. The number of methoxy groups -OCH3 is 1. The highest BCUT2D eigenvalue weighted by Gasteiger charge is 2.09. The molecule has 0 aromatic heterocycles. The van der Waals surface area contributed by atoms with Crippen LogP contribution in [-0.2, 0) is 42.7 Å². The molecular weight excluding hydrogens is 360 g/mol. The van der Waals surface area contributed by atoms with Crippen LogP contribution in [0.4, 0.5) is 0 Å². The van der Waals surface area contributed by atoms with Crippen molar-refractivity contribution in [3.8, 4) is 0 Å². The van der Waals surface area contributed by atoms with Crippen LogP contribution < -0.4 is 0 Å². The third-order valence-corrected chi connectivity index (χ3v) is 3.53. The molecule has 0 saturated heterocycles. The van der Waals surface area contributed by atoms with E-state index in [1.807, 2.05) is 0 Å². The molecule has 0 fully saturated rings. The van der Waals surface area contributed by atoms with Gasteiger partial charge in [0.1, 0.15) is 0 Å². The zero-order chi connectivity index (χ0) is 18.6. The molecule has 0 aromatic carbocycles. The Labute approximate surface area is 149 Å². The standard InChI is InChI=1S/C14H30O10S/c1-18-14-25(16,17)24-13-12-23-11-10-22-9-8-21-7-6-20-5-4-19-3-2-15/h15H,2-14H2,1H3. The van der Waals surface area contributed by atoms with E-state index in [0.717, 1.165) is 0 Å². The molecule has 11 heteroatoms. The van der Waals surface area contributed by atoms with E-state index in [-0.39, 0.29) is 19.8 Å². The van der Waals surface area contributed by atoms with Gasteiger partial charge in [-0.1, -0.05) is 0 Å². The Morgan fingerprint density at radius 2 is 1.00 bits per heavy atom. The summed E-state index contributed by atoms with van der Waals surface area (Å²) < 4.78 is 57.4. The normalized spacial score (nSPS) is 11.9. The first-order valence-corrected chi connectivity index (χ1v) is 9.55. The zero-order valence-electron chi connectivity index (χ0n) is 14.7. The maximum Gasteiger partial charge on any atom is 0.291 e. The first kappa shape index (κ1) is 24.6. The molecule has 0 aliphatic heterocycles. The van der Waals surface area contributed by atoms with Crippen LogP contribution in [0, 0.1) is 0 Å². The maximum absolute atomic E-state index is 11.1. The topological polar surface area (TPSA) is 119 Å². The fourth-order valence-electron chi connectivity index (χ4n) is 1.44. The quantitative estimate of drug-likeness (QED) is 0.205. The molecule has 0 spiro atoms. The van der Waals surface area contributed by atoms with Crippen molar-refractivity contribution < 1.29 is 46.1 Å². The van der Waals surface area contributed by atoms with Gasteiger partial charge in [0.2, 0.25) is 0 Å². The summed E-state index contributed by atoms with van der Waals surface area (Å²) in [5.41, 5.74) is 0. The highest BCUT2D eigenvalue weighted by atomic mass is 32.2. The summed E-state index contributed by atoms with van der Waals surface area (Å²) in [7, 11) is -2.35. The molecule has 152 valence electrons. The van der Waals surface area contributed by atoms with Crippen molar-refractivity contribution in [3.63, 3.8) is 0 Å². The van der Waals surface area contributed by atoms with Gasteiger partial charge in [0.15, 0.2) is 5.94 Å². The van der Waals surface area contributed by atoms with Crippen molar-refractivity contribution in [1.29, 1.82) is 0 Å². The lowest BCUT2D eigenvalue weighted by Crippen LogP contribution is -2.17. The average Bonchev–Trinajstić information content (AvgIpc) is 2.57. The Morgan fingerprint density at radius 3 is 1.36 bits per heavy atom. The minimum Gasteiger partial charge on any atom is -0.394 e. The van der Waals surface area contributed by atoms with Gasteiger partial charge in [-0.3, -0.25) is 4.18 Å². The van der Waals surface area contributed by atoms with Crippen molar-refractivity contribution in [2.75, 3.05) is 92.3 Å². The Balaban J connectivity index is 3.12. The molecule has 0 aliphatic rings. The molecule has 0 bridgehead atoms. The van der Waals surface area contributed by atoms with Gasteiger partial charge in [-0.25, -0.2) is 0 Å². The number of hydrogen-bond acceptors (Lipinski definition) is 10. The number of aliphatic hydroxyl groups excluding tert-OH is 1. The molecule has 0 rings (SSSR count). The summed E-state index contributed by atoms with van der Waals surface area (Å²) in [5, 5.41) is 8.49. The largest absolute Gasteiger partial charge is 0.394 e. The number of ether oxygens (including phenoxy) is 6. The van der Waals surface area contributed by atoms with Crippen molar-refractivity contribution in [3.05, 3.63) is 0 Å². The van der Waals surface area contributed by atoms with E-state index in [4.69, 9.17) is 28.8 Å². The number of aliphatic hydroxyl groups is 1. The van der Waals surface area contributed by atoms with Gasteiger partial charge >= 0.3 is 0 Å². The van der Waals surface area contributed by atoms with Gasteiger partial charge in [0.25, 0.3) is 10.1 Å². The van der Waals surface area contributed by atoms with E-state index in [9.17, 15) is 8.42 Å². The molecule has 10 nitrogen and oxygen atoms in total. The summed E-state index contributed by atoms with van der Waals surface area (Å²) in [5.74, 6) is -0.474. The second-order valence-corrected chi connectivity index (χ2v) is 6.16. The highest BCUT2D eigenvalue weighted by Crippen LogP contribution is 1.93. The maximum atomic E-state index is 11.1. The van der Waals surface area contributed by atoms with Crippen LogP contribution in [0.15, 0.2) is 0 Å². The minimum absolute atomic E-state index is 0.0121. The lowest BCUT2D eigenvalue weighted by Gasteiger charge is -2.08. The fraction of sp³-hybridized carbons (Fsp3) is 1.00. The molecule has 0 saturated carbocycles. The summed E-state index contributed by atoms with van der Waals surface area (Å²) in [6.07, 6.45) is 0. The van der Waals surface area contributed by atoms with Crippen LogP contribution in [0.3, 0.4) is 0 Å². The van der Waals surface area contributed by atoms with Gasteiger partial charge in [0, 0.05) is 7.11 Å². The van der Waals surface area contributed by atoms with Crippen LogP contribution in [0.1, 0.15) is 0 Å². The molecule has 0 amide bonds. The van der Waals surface area contributed by atoms with Crippen molar-refractivity contribution >= 4 is 10.1 Å². The average molecular weight is 390 g/mol. The fourth-order valence-corrected chi connectivity index (χ4v) is 2.12. The molecule has 0 heterocycles.